The molecule has 2 fully saturated rings. The molecule has 1 atom stereocenters. The van der Waals surface area contributed by atoms with E-state index >= 15 is 0 Å². The van der Waals surface area contributed by atoms with E-state index in [2.05, 4.69) is 18.2 Å². The van der Waals surface area contributed by atoms with Crippen LogP contribution in [0.2, 0.25) is 0 Å². The van der Waals surface area contributed by atoms with Crippen LogP contribution in [0.25, 0.3) is 0 Å². The first-order valence-corrected chi connectivity index (χ1v) is 7.09. The molecular weight excluding hydrogens is 224 g/mol. The zero-order valence-electron chi connectivity index (χ0n) is 10.7. The standard InChI is InChI=1S/C16H20O2/c17-14-6-2-1-4-12(10-14)13-5-3-7-16(11-13)18-15-8-9-15/h3,5,7,11-12,15H,1-2,4,6,8-10H2. The molecule has 0 N–H and O–H groups in total. The van der Waals surface area contributed by atoms with Gasteiger partial charge in [-0.05, 0) is 49.3 Å². The minimum atomic E-state index is 0.405. The second kappa shape index (κ2) is 5.13. The smallest absolute Gasteiger partial charge is 0.133 e. The highest BCUT2D eigenvalue weighted by molar-refractivity contribution is 5.79. The van der Waals surface area contributed by atoms with E-state index in [4.69, 9.17) is 4.74 Å². The maximum Gasteiger partial charge on any atom is 0.133 e. The number of hydrogen-bond acceptors (Lipinski definition) is 2. The van der Waals surface area contributed by atoms with E-state index in [0.717, 1.165) is 25.0 Å². The molecule has 1 aromatic rings. The van der Waals surface area contributed by atoms with Gasteiger partial charge in [0.05, 0.1) is 6.10 Å². The third-order valence-electron chi connectivity index (χ3n) is 3.89. The van der Waals surface area contributed by atoms with Gasteiger partial charge in [0.25, 0.3) is 0 Å². The average Bonchev–Trinajstić information content (AvgIpc) is 3.18. The lowest BCUT2D eigenvalue weighted by atomic mass is 9.91. The van der Waals surface area contributed by atoms with E-state index in [1.807, 2.05) is 6.07 Å². The van der Waals surface area contributed by atoms with Crippen LogP contribution in [0.5, 0.6) is 5.75 Å². The molecule has 96 valence electrons. The van der Waals surface area contributed by atoms with Crippen LogP contribution >= 0.6 is 0 Å². The Kier molecular flexibility index (Phi) is 3.35. The van der Waals surface area contributed by atoms with Crippen LogP contribution < -0.4 is 4.74 Å². The zero-order chi connectivity index (χ0) is 12.4. The lowest BCUT2D eigenvalue weighted by Gasteiger charge is -2.15. The molecule has 1 aromatic carbocycles. The van der Waals surface area contributed by atoms with Gasteiger partial charge >= 0.3 is 0 Å². The third-order valence-corrected chi connectivity index (χ3v) is 3.89. The van der Waals surface area contributed by atoms with Gasteiger partial charge in [0.1, 0.15) is 11.5 Å². The summed E-state index contributed by atoms with van der Waals surface area (Å²) in [4.78, 5) is 11.7. The summed E-state index contributed by atoms with van der Waals surface area (Å²) in [6, 6.07) is 8.37. The molecule has 2 heteroatoms. The molecule has 2 nitrogen and oxygen atoms in total. The number of ketones is 1. The van der Waals surface area contributed by atoms with Gasteiger partial charge in [0.15, 0.2) is 0 Å². The quantitative estimate of drug-likeness (QED) is 0.755. The van der Waals surface area contributed by atoms with Crippen molar-refractivity contribution in [3.8, 4) is 5.75 Å². The summed E-state index contributed by atoms with van der Waals surface area (Å²) in [7, 11) is 0. The Bertz CT molecular complexity index is 434. The van der Waals surface area contributed by atoms with Crippen molar-refractivity contribution in [2.24, 2.45) is 0 Å². The first kappa shape index (κ1) is 11.8. The van der Waals surface area contributed by atoms with Crippen molar-refractivity contribution in [2.45, 2.75) is 57.0 Å². The molecule has 2 aliphatic rings. The van der Waals surface area contributed by atoms with Gasteiger partial charge in [0.2, 0.25) is 0 Å². The van der Waals surface area contributed by atoms with Crippen LogP contribution in [0.1, 0.15) is 56.4 Å². The Morgan fingerprint density at radius 1 is 1.11 bits per heavy atom. The largest absolute Gasteiger partial charge is 0.490 e. The van der Waals surface area contributed by atoms with Gasteiger partial charge in [-0.1, -0.05) is 18.6 Å². The van der Waals surface area contributed by atoms with Crippen molar-refractivity contribution >= 4 is 5.78 Å². The molecular formula is C16H20O2. The van der Waals surface area contributed by atoms with Gasteiger partial charge in [0, 0.05) is 12.8 Å². The van der Waals surface area contributed by atoms with Crippen LogP contribution in [-0.4, -0.2) is 11.9 Å². The van der Waals surface area contributed by atoms with Gasteiger partial charge in [-0.3, -0.25) is 4.79 Å². The highest BCUT2D eigenvalue weighted by Gasteiger charge is 2.24. The van der Waals surface area contributed by atoms with Gasteiger partial charge in [-0.15, -0.1) is 0 Å². The molecule has 0 saturated heterocycles. The van der Waals surface area contributed by atoms with Crippen LogP contribution in [0.15, 0.2) is 24.3 Å². The van der Waals surface area contributed by atoms with Crippen molar-refractivity contribution in [1.82, 2.24) is 0 Å². The minimum absolute atomic E-state index is 0.405. The second-order valence-corrected chi connectivity index (χ2v) is 5.58. The fourth-order valence-electron chi connectivity index (χ4n) is 2.70. The zero-order valence-corrected chi connectivity index (χ0v) is 10.7. The fraction of sp³-hybridized carbons (Fsp3) is 0.562. The third kappa shape index (κ3) is 2.92. The Morgan fingerprint density at radius 3 is 2.83 bits per heavy atom. The first-order chi connectivity index (χ1) is 8.81. The summed E-state index contributed by atoms with van der Waals surface area (Å²) in [6.45, 7) is 0. The highest BCUT2D eigenvalue weighted by atomic mass is 16.5. The van der Waals surface area contributed by atoms with Crippen molar-refractivity contribution in [3.05, 3.63) is 29.8 Å². The molecule has 2 saturated carbocycles. The fourth-order valence-corrected chi connectivity index (χ4v) is 2.70. The predicted molar refractivity (Wildman–Crippen MR) is 70.9 cm³/mol. The highest BCUT2D eigenvalue weighted by Crippen LogP contribution is 2.33. The number of hydrogen-bond donors (Lipinski definition) is 0. The molecule has 0 heterocycles. The molecule has 0 radical (unpaired) electrons. The van der Waals surface area contributed by atoms with Crippen LogP contribution in [-0.2, 0) is 4.79 Å². The lowest BCUT2D eigenvalue weighted by molar-refractivity contribution is -0.119. The monoisotopic (exact) mass is 244 g/mol. The predicted octanol–water partition coefficient (Wildman–Crippen LogP) is 3.84. The van der Waals surface area contributed by atoms with Gasteiger partial charge < -0.3 is 4.74 Å². The molecule has 3 rings (SSSR count). The summed E-state index contributed by atoms with van der Waals surface area (Å²) in [5.41, 5.74) is 1.28. The molecule has 0 aromatic heterocycles. The molecule has 2 aliphatic carbocycles. The summed E-state index contributed by atoms with van der Waals surface area (Å²) >= 11 is 0. The van der Waals surface area contributed by atoms with Crippen LogP contribution in [0, 0.1) is 0 Å². The Balaban J connectivity index is 1.74. The number of Topliss-reactive ketones (excluding diaryl/α,β-unsaturated/α-hetero) is 1. The summed E-state index contributed by atoms with van der Waals surface area (Å²) in [5.74, 6) is 1.81. The SMILES string of the molecule is O=C1CCCCC(c2cccc(OC3CC3)c2)C1. The Labute approximate surface area is 108 Å². The van der Waals surface area contributed by atoms with E-state index in [9.17, 15) is 4.79 Å². The molecule has 0 bridgehead atoms. The average molecular weight is 244 g/mol. The molecule has 0 aliphatic heterocycles. The number of rotatable bonds is 3. The minimum Gasteiger partial charge on any atom is -0.490 e. The maximum absolute atomic E-state index is 11.7. The molecule has 0 spiro atoms. The number of ether oxygens (including phenoxy) is 1. The van der Waals surface area contributed by atoms with Gasteiger partial charge in [-0.25, -0.2) is 0 Å². The van der Waals surface area contributed by atoms with Crippen molar-refractivity contribution in [3.63, 3.8) is 0 Å². The number of carbonyl (C=O) groups is 1. The Morgan fingerprint density at radius 2 is 2.00 bits per heavy atom. The van der Waals surface area contributed by atoms with E-state index < -0.39 is 0 Å². The topological polar surface area (TPSA) is 26.3 Å². The van der Waals surface area contributed by atoms with Crippen molar-refractivity contribution < 1.29 is 9.53 Å². The van der Waals surface area contributed by atoms with Crippen molar-refractivity contribution in [2.75, 3.05) is 0 Å². The van der Waals surface area contributed by atoms with E-state index in [1.165, 1.54) is 24.8 Å². The maximum atomic E-state index is 11.7. The number of carbonyl (C=O) groups excluding carboxylic acids is 1. The van der Waals surface area contributed by atoms with Crippen molar-refractivity contribution in [1.29, 1.82) is 0 Å². The lowest BCUT2D eigenvalue weighted by Crippen LogP contribution is -2.04. The van der Waals surface area contributed by atoms with E-state index in [1.54, 1.807) is 0 Å². The summed E-state index contributed by atoms with van der Waals surface area (Å²) in [6.07, 6.45) is 7.67. The summed E-state index contributed by atoms with van der Waals surface area (Å²) < 4.78 is 5.83. The molecule has 1 unspecified atom stereocenters. The first-order valence-electron chi connectivity index (χ1n) is 7.09. The Hall–Kier alpha value is -1.31. The molecule has 18 heavy (non-hydrogen) atoms. The van der Waals surface area contributed by atoms with Crippen LogP contribution in [0.4, 0.5) is 0 Å². The normalized spacial score (nSPS) is 24.7. The molecule has 0 amide bonds. The van der Waals surface area contributed by atoms with E-state index in [-0.39, 0.29) is 0 Å². The summed E-state index contributed by atoms with van der Waals surface area (Å²) in [5, 5.41) is 0. The van der Waals surface area contributed by atoms with E-state index in [0.29, 0.717) is 24.2 Å². The second-order valence-electron chi connectivity index (χ2n) is 5.58. The van der Waals surface area contributed by atoms with Crippen LogP contribution in [0.3, 0.4) is 0 Å². The van der Waals surface area contributed by atoms with Gasteiger partial charge in [-0.2, -0.15) is 0 Å². The number of benzene rings is 1.